The van der Waals surface area contributed by atoms with Crippen LogP contribution in [0.5, 0.6) is 11.6 Å². The van der Waals surface area contributed by atoms with Crippen LogP contribution in [0.25, 0.3) is 0 Å². The van der Waals surface area contributed by atoms with Crippen LogP contribution in [0.1, 0.15) is 0 Å². The third kappa shape index (κ3) is 3.79. The van der Waals surface area contributed by atoms with Gasteiger partial charge in [0.15, 0.2) is 0 Å². The van der Waals surface area contributed by atoms with Crippen molar-refractivity contribution in [1.29, 1.82) is 0 Å². The van der Waals surface area contributed by atoms with E-state index < -0.39 is 0 Å². The fourth-order valence-electron chi connectivity index (χ4n) is 1.32. The monoisotopic (exact) mass is 283 g/mol. The topological polar surface area (TPSA) is 31.4 Å². The van der Waals surface area contributed by atoms with E-state index in [1.54, 1.807) is 30.5 Å². The molecule has 2 aromatic rings. The van der Waals surface area contributed by atoms with E-state index in [-0.39, 0.29) is 0 Å². The first-order valence-electron chi connectivity index (χ1n) is 5.37. The van der Waals surface area contributed by atoms with E-state index in [1.807, 2.05) is 12.1 Å². The molecule has 0 amide bonds. The van der Waals surface area contributed by atoms with E-state index in [1.165, 1.54) is 0 Å². The SMILES string of the molecule is Clc1ccc(OCCOc2ccccn2)c(Cl)c1. The molecular formula is C13H11Cl2NO2. The van der Waals surface area contributed by atoms with Gasteiger partial charge in [-0.25, -0.2) is 4.98 Å². The number of ether oxygens (including phenoxy) is 2. The van der Waals surface area contributed by atoms with Crippen molar-refractivity contribution >= 4 is 23.2 Å². The highest BCUT2D eigenvalue weighted by Crippen LogP contribution is 2.27. The van der Waals surface area contributed by atoms with Crippen LogP contribution in [0.15, 0.2) is 42.6 Å². The second-order valence-electron chi connectivity index (χ2n) is 3.44. The summed E-state index contributed by atoms with van der Waals surface area (Å²) < 4.78 is 10.9. The van der Waals surface area contributed by atoms with E-state index in [2.05, 4.69) is 4.98 Å². The molecule has 0 N–H and O–H groups in total. The van der Waals surface area contributed by atoms with E-state index in [0.717, 1.165) is 0 Å². The van der Waals surface area contributed by atoms with Crippen molar-refractivity contribution in [2.45, 2.75) is 0 Å². The minimum Gasteiger partial charge on any atom is -0.488 e. The molecule has 1 aromatic heterocycles. The molecule has 0 aliphatic carbocycles. The van der Waals surface area contributed by atoms with Crippen molar-refractivity contribution in [2.24, 2.45) is 0 Å². The van der Waals surface area contributed by atoms with Crippen LogP contribution in [0.3, 0.4) is 0 Å². The quantitative estimate of drug-likeness (QED) is 0.781. The molecule has 0 aliphatic heterocycles. The van der Waals surface area contributed by atoms with Crippen LogP contribution in [0.4, 0.5) is 0 Å². The number of benzene rings is 1. The average molecular weight is 284 g/mol. The van der Waals surface area contributed by atoms with Crippen molar-refractivity contribution in [3.8, 4) is 11.6 Å². The minimum atomic E-state index is 0.387. The van der Waals surface area contributed by atoms with Crippen molar-refractivity contribution in [3.05, 3.63) is 52.6 Å². The average Bonchev–Trinajstić information content (AvgIpc) is 2.38. The Labute approximate surface area is 115 Å². The molecule has 0 aliphatic rings. The highest BCUT2D eigenvalue weighted by molar-refractivity contribution is 6.35. The first-order chi connectivity index (χ1) is 8.75. The maximum absolute atomic E-state index is 5.96. The van der Waals surface area contributed by atoms with E-state index >= 15 is 0 Å². The van der Waals surface area contributed by atoms with Crippen molar-refractivity contribution < 1.29 is 9.47 Å². The van der Waals surface area contributed by atoms with Gasteiger partial charge in [0.2, 0.25) is 5.88 Å². The lowest BCUT2D eigenvalue weighted by Crippen LogP contribution is -2.09. The zero-order valence-corrected chi connectivity index (χ0v) is 11.0. The summed E-state index contributed by atoms with van der Waals surface area (Å²) >= 11 is 11.7. The molecule has 1 aromatic carbocycles. The van der Waals surface area contributed by atoms with Gasteiger partial charge in [0.05, 0.1) is 5.02 Å². The molecule has 18 heavy (non-hydrogen) atoms. The van der Waals surface area contributed by atoms with E-state index in [4.69, 9.17) is 32.7 Å². The lowest BCUT2D eigenvalue weighted by Gasteiger charge is -2.09. The predicted molar refractivity (Wildman–Crippen MR) is 71.7 cm³/mol. The summed E-state index contributed by atoms with van der Waals surface area (Å²) in [5.41, 5.74) is 0. The molecule has 2 rings (SSSR count). The zero-order chi connectivity index (χ0) is 12.8. The standard InChI is InChI=1S/C13H11Cl2NO2/c14-10-4-5-12(11(15)9-10)17-7-8-18-13-3-1-2-6-16-13/h1-6,9H,7-8H2. The first-order valence-corrected chi connectivity index (χ1v) is 6.13. The van der Waals surface area contributed by atoms with Crippen molar-refractivity contribution in [3.63, 3.8) is 0 Å². The molecule has 0 bridgehead atoms. The summed E-state index contributed by atoms with van der Waals surface area (Å²) in [4.78, 5) is 4.03. The molecule has 0 radical (unpaired) electrons. The van der Waals surface area contributed by atoms with E-state index in [0.29, 0.717) is 34.9 Å². The highest BCUT2D eigenvalue weighted by atomic mass is 35.5. The molecule has 0 atom stereocenters. The molecule has 5 heteroatoms. The van der Waals surface area contributed by atoms with Gasteiger partial charge in [-0.3, -0.25) is 0 Å². The van der Waals surface area contributed by atoms with Crippen LogP contribution in [0.2, 0.25) is 10.0 Å². The maximum Gasteiger partial charge on any atom is 0.213 e. The van der Waals surface area contributed by atoms with Gasteiger partial charge in [-0.15, -0.1) is 0 Å². The van der Waals surface area contributed by atoms with Gasteiger partial charge in [0, 0.05) is 17.3 Å². The summed E-state index contributed by atoms with van der Waals surface area (Å²) in [6.07, 6.45) is 1.67. The van der Waals surface area contributed by atoms with Gasteiger partial charge >= 0.3 is 0 Å². The Morgan fingerprint density at radius 3 is 2.56 bits per heavy atom. The number of aromatic nitrogens is 1. The molecule has 0 spiro atoms. The summed E-state index contributed by atoms with van der Waals surface area (Å²) in [5, 5.41) is 1.07. The first kappa shape index (κ1) is 13.0. The third-order valence-corrected chi connectivity index (χ3v) is 2.65. The van der Waals surface area contributed by atoms with Crippen LogP contribution < -0.4 is 9.47 Å². The number of pyridine rings is 1. The van der Waals surface area contributed by atoms with Gasteiger partial charge in [-0.05, 0) is 24.3 Å². The molecule has 94 valence electrons. The second-order valence-corrected chi connectivity index (χ2v) is 4.28. The predicted octanol–water partition coefficient (Wildman–Crippen LogP) is 3.85. The van der Waals surface area contributed by atoms with E-state index in [9.17, 15) is 0 Å². The number of hydrogen-bond acceptors (Lipinski definition) is 3. The number of rotatable bonds is 5. The van der Waals surface area contributed by atoms with Gasteiger partial charge in [0.1, 0.15) is 19.0 Å². The summed E-state index contributed by atoms with van der Waals surface area (Å²) in [6.45, 7) is 0.786. The van der Waals surface area contributed by atoms with Gasteiger partial charge in [0.25, 0.3) is 0 Å². The Kier molecular flexibility index (Phi) is 4.67. The molecule has 0 unspecified atom stereocenters. The Morgan fingerprint density at radius 1 is 1.00 bits per heavy atom. The van der Waals surface area contributed by atoms with Gasteiger partial charge < -0.3 is 9.47 Å². The lowest BCUT2D eigenvalue weighted by atomic mass is 10.3. The van der Waals surface area contributed by atoms with Crippen LogP contribution >= 0.6 is 23.2 Å². The molecule has 0 saturated heterocycles. The summed E-state index contributed by atoms with van der Waals surface area (Å²) in [5.74, 6) is 1.16. The van der Waals surface area contributed by atoms with Crippen LogP contribution in [-0.2, 0) is 0 Å². The van der Waals surface area contributed by atoms with Crippen LogP contribution in [-0.4, -0.2) is 18.2 Å². The second kappa shape index (κ2) is 6.47. The lowest BCUT2D eigenvalue weighted by molar-refractivity contribution is 0.212. The number of halogens is 2. The van der Waals surface area contributed by atoms with Gasteiger partial charge in [-0.2, -0.15) is 0 Å². The molecule has 3 nitrogen and oxygen atoms in total. The number of hydrogen-bond donors (Lipinski definition) is 0. The normalized spacial score (nSPS) is 10.1. The summed E-state index contributed by atoms with van der Waals surface area (Å²) in [6, 6.07) is 10.6. The Balaban J connectivity index is 1.79. The van der Waals surface area contributed by atoms with Crippen LogP contribution in [0, 0.1) is 0 Å². The smallest absolute Gasteiger partial charge is 0.213 e. The van der Waals surface area contributed by atoms with Gasteiger partial charge in [-0.1, -0.05) is 29.3 Å². The maximum atomic E-state index is 5.96. The molecule has 0 saturated carbocycles. The van der Waals surface area contributed by atoms with Crippen molar-refractivity contribution in [1.82, 2.24) is 4.98 Å². The fraction of sp³-hybridized carbons (Fsp3) is 0.154. The largest absolute Gasteiger partial charge is 0.488 e. The fourth-order valence-corrected chi connectivity index (χ4v) is 1.79. The molecule has 1 heterocycles. The Hall–Kier alpha value is -1.45. The highest BCUT2D eigenvalue weighted by Gasteiger charge is 2.02. The summed E-state index contributed by atoms with van der Waals surface area (Å²) in [7, 11) is 0. The Morgan fingerprint density at radius 2 is 1.83 bits per heavy atom. The molecular weight excluding hydrogens is 273 g/mol. The molecule has 0 fully saturated rings. The number of nitrogens with zero attached hydrogens (tertiary/aromatic N) is 1. The zero-order valence-electron chi connectivity index (χ0n) is 9.48. The third-order valence-electron chi connectivity index (χ3n) is 2.12. The Bertz CT molecular complexity index is 506. The van der Waals surface area contributed by atoms with Crippen molar-refractivity contribution in [2.75, 3.05) is 13.2 Å². The minimum absolute atomic E-state index is 0.387.